The Morgan fingerprint density at radius 2 is 2.10 bits per heavy atom. The number of rotatable bonds is 5. The molecule has 10 heavy (non-hydrogen) atoms. The predicted molar refractivity (Wildman–Crippen MR) is 45.8 cm³/mol. The van der Waals surface area contributed by atoms with E-state index in [0.29, 0.717) is 6.42 Å². The minimum absolute atomic E-state index is 0.0797. The molecule has 0 aromatic rings. The van der Waals surface area contributed by atoms with Crippen LogP contribution < -0.4 is 4.34 Å². The van der Waals surface area contributed by atoms with E-state index in [1.54, 1.807) is 0 Å². The predicted octanol–water partition coefficient (Wildman–Crippen LogP) is 2.38. The molecule has 0 aromatic carbocycles. The van der Waals surface area contributed by atoms with Crippen molar-refractivity contribution in [2.45, 2.75) is 39.0 Å². The van der Waals surface area contributed by atoms with E-state index in [1.165, 1.54) is 12.8 Å². The van der Waals surface area contributed by atoms with Crippen molar-refractivity contribution in [2.75, 3.05) is 0 Å². The summed E-state index contributed by atoms with van der Waals surface area (Å²) in [5.74, 6) is 0.0797. The SMILES string of the molecule is CCCCCCC(=O)NBr. The Balaban J connectivity index is 2.96. The van der Waals surface area contributed by atoms with Crippen molar-refractivity contribution in [1.29, 1.82) is 0 Å². The fourth-order valence-electron chi connectivity index (χ4n) is 0.760. The number of nitrogens with one attached hydrogen (secondary N) is 1. The second kappa shape index (κ2) is 7.06. The lowest BCUT2D eigenvalue weighted by Crippen LogP contribution is -2.10. The van der Waals surface area contributed by atoms with E-state index in [9.17, 15) is 4.79 Å². The summed E-state index contributed by atoms with van der Waals surface area (Å²) in [6.45, 7) is 2.16. The van der Waals surface area contributed by atoms with Gasteiger partial charge in [-0.1, -0.05) is 26.2 Å². The molecule has 1 N–H and O–H groups in total. The number of hydrogen-bond acceptors (Lipinski definition) is 1. The number of amides is 1. The first-order valence-corrected chi connectivity index (χ1v) is 4.50. The maximum Gasteiger partial charge on any atom is 0.229 e. The molecule has 0 atom stereocenters. The molecule has 0 aliphatic carbocycles. The molecule has 0 bridgehead atoms. The summed E-state index contributed by atoms with van der Waals surface area (Å²) < 4.78 is 2.42. The summed E-state index contributed by atoms with van der Waals surface area (Å²) >= 11 is 2.88. The number of carbonyl (C=O) groups excluding carboxylic acids is 1. The van der Waals surface area contributed by atoms with Gasteiger partial charge < -0.3 is 0 Å². The van der Waals surface area contributed by atoms with Crippen LogP contribution in [0.3, 0.4) is 0 Å². The van der Waals surface area contributed by atoms with Crippen molar-refractivity contribution >= 4 is 22.1 Å². The van der Waals surface area contributed by atoms with Crippen molar-refractivity contribution in [3.63, 3.8) is 0 Å². The molecule has 0 saturated heterocycles. The van der Waals surface area contributed by atoms with Gasteiger partial charge in [0.1, 0.15) is 0 Å². The molecule has 0 fully saturated rings. The Hall–Kier alpha value is -0.0500. The zero-order valence-electron chi connectivity index (χ0n) is 6.32. The van der Waals surface area contributed by atoms with Crippen LogP contribution >= 0.6 is 16.1 Å². The van der Waals surface area contributed by atoms with Crippen molar-refractivity contribution in [3.8, 4) is 0 Å². The average molecular weight is 208 g/mol. The number of unbranched alkanes of at least 4 members (excludes halogenated alkanes) is 3. The first-order valence-electron chi connectivity index (χ1n) is 3.70. The van der Waals surface area contributed by atoms with E-state index in [-0.39, 0.29) is 5.91 Å². The summed E-state index contributed by atoms with van der Waals surface area (Å²) in [6, 6.07) is 0. The highest BCUT2D eigenvalue weighted by atomic mass is 79.9. The summed E-state index contributed by atoms with van der Waals surface area (Å²) in [4.78, 5) is 10.6. The maximum absolute atomic E-state index is 10.6. The highest BCUT2D eigenvalue weighted by molar-refractivity contribution is 9.08. The summed E-state index contributed by atoms with van der Waals surface area (Å²) in [5, 5.41) is 0. The van der Waals surface area contributed by atoms with Gasteiger partial charge in [0.15, 0.2) is 0 Å². The molecule has 3 heteroatoms. The minimum atomic E-state index is 0.0797. The van der Waals surface area contributed by atoms with Gasteiger partial charge in [0.25, 0.3) is 0 Å². The van der Waals surface area contributed by atoms with E-state index in [1.807, 2.05) is 0 Å². The molecule has 0 unspecified atom stereocenters. The average Bonchev–Trinajstić information content (AvgIpc) is 1.98. The Labute approximate surface area is 70.7 Å². The number of halogens is 1. The van der Waals surface area contributed by atoms with Crippen LogP contribution in [0.5, 0.6) is 0 Å². The minimum Gasteiger partial charge on any atom is -0.293 e. The normalized spacial score (nSPS) is 9.40. The molecule has 0 spiro atoms. The van der Waals surface area contributed by atoms with Gasteiger partial charge in [-0.15, -0.1) is 0 Å². The number of hydrogen-bond donors (Lipinski definition) is 1. The summed E-state index contributed by atoms with van der Waals surface area (Å²) in [6.07, 6.45) is 5.26. The van der Waals surface area contributed by atoms with Gasteiger partial charge in [0.2, 0.25) is 5.91 Å². The molecular weight excluding hydrogens is 194 g/mol. The Kier molecular flexibility index (Phi) is 7.03. The zero-order chi connectivity index (χ0) is 7.82. The van der Waals surface area contributed by atoms with E-state index in [0.717, 1.165) is 12.8 Å². The van der Waals surface area contributed by atoms with Gasteiger partial charge >= 0.3 is 0 Å². The van der Waals surface area contributed by atoms with Gasteiger partial charge in [-0.2, -0.15) is 0 Å². The Bertz CT molecular complexity index is 95.6. The molecule has 0 aliphatic rings. The van der Waals surface area contributed by atoms with Crippen molar-refractivity contribution in [2.24, 2.45) is 0 Å². The third-order valence-electron chi connectivity index (χ3n) is 1.36. The second-order valence-corrected chi connectivity index (χ2v) is 2.72. The topological polar surface area (TPSA) is 29.1 Å². The monoisotopic (exact) mass is 207 g/mol. The van der Waals surface area contributed by atoms with Gasteiger partial charge in [0.05, 0.1) is 0 Å². The molecule has 0 aliphatic heterocycles. The van der Waals surface area contributed by atoms with Gasteiger partial charge in [-0.05, 0) is 6.42 Å². The number of carbonyl (C=O) groups is 1. The lowest BCUT2D eigenvalue weighted by Gasteiger charge is -1.96. The molecule has 0 saturated carbocycles. The van der Waals surface area contributed by atoms with E-state index in [4.69, 9.17) is 0 Å². The first-order chi connectivity index (χ1) is 4.81. The molecule has 0 heterocycles. The molecule has 0 aromatic heterocycles. The summed E-state index contributed by atoms with van der Waals surface area (Å²) in [7, 11) is 0. The largest absolute Gasteiger partial charge is 0.293 e. The van der Waals surface area contributed by atoms with E-state index >= 15 is 0 Å². The smallest absolute Gasteiger partial charge is 0.229 e. The maximum atomic E-state index is 10.6. The van der Waals surface area contributed by atoms with Crippen LogP contribution in [0.25, 0.3) is 0 Å². The molecule has 2 nitrogen and oxygen atoms in total. The standard InChI is InChI=1S/C7H14BrNO/c1-2-3-4-5-6-7(10)9-8/h2-6H2,1H3,(H,9,10). The highest BCUT2D eigenvalue weighted by Crippen LogP contribution is 2.01. The van der Waals surface area contributed by atoms with Gasteiger partial charge in [-0.3, -0.25) is 9.14 Å². The fourth-order valence-corrected chi connectivity index (χ4v) is 0.958. The van der Waals surface area contributed by atoms with Crippen LogP contribution in [0.4, 0.5) is 0 Å². The molecular formula is C7H14BrNO. The van der Waals surface area contributed by atoms with Crippen LogP contribution in [0.2, 0.25) is 0 Å². The van der Waals surface area contributed by atoms with E-state index < -0.39 is 0 Å². The van der Waals surface area contributed by atoms with Crippen LogP contribution in [-0.2, 0) is 4.79 Å². The lowest BCUT2D eigenvalue weighted by molar-refractivity contribution is -0.119. The zero-order valence-corrected chi connectivity index (χ0v) is 7.91. The highest BCUT2D eigenvalue weighted by Gasteiger charge is 1.96. The lowest BCUT2D eigenvalue weighted by atomic mass is 10.1. The molecule has 60 valence electrons. The molecule has 0 rings (SSSR count). The summed E-state index contributed by atoms with van der Waals surface area (Å²) in [5.41, 5.74) is 0. The second-order valence-electron chi connectivity index (χ2n) is 2.33. The van der Waals surface area contributed by atoms with Crippen LogP contribution in [0.15, 0.2) is 0 Å². The van der Waals surface area contributed by atoms with E-state index in [2.05, 4.69) is 27.4 Å². The quantitative estimate of drug-likeness (QED) is 0.545. The van der Waals surface area contributed by atoms with Gasteiger partial charge in [-0.25, -0.2) is 0 Å². The third kappa shape index (κ3) is 6.08. The van der Waals surface area contributed by atoms with Crippen molar-refractivity contribution < 1.29 is 4.79 Å². The Morgan fingerprint density at radius 3 is 2.60 bits per heavy atom. The first kappa shape index (κ1) is 9.95. The van der Waals surface area contributed by atoms with Crippen LogP contribution in [0, 0.1) is 0 Å². The Morgan fingerprint density at radius 1 is 1.40 bits per heavy atom. The molecule has 1 amide bonds. The van der Waals surface area contributed by atoms with Crippen molar-refractivity contribution in [1.82, 2.24) is 4.34 Å². The van der Waals surface area contributed by atoms with Gasteiger partial charge in [0, 0.05) is 22.6 Å². The third-order valence-corrected chi connectivity index (χ3v) is 1.81. The van der Waals surface area contributed by atoms with Crippen LogP contribution in [-0.4, -0.2) is 5.91 Å². The molecule has 0 radical (unpaired) electrons. The fraction of sp³-hybridized carbons (Fsp3) is 0.857. The van der Waals surface area contributed by atoms with Crippen molar-refractivity contribution in [3.05, 3.63) is 0 Å². The van der Waals surface area contributed by atoms with Crippen LogP contribution in [0.1, 0.15) is 39.0 Å².